The van der Waals surface area contributed by atoms with Gasteiger partial charge < -0.3 is 14.4 Å². The van der Waals surface area contributed by atoms with Crippen molar-refractivity contribution in [1.29, 1.82) is 0 Å². The summed E-state index contributed by atoms with van der Waals surface area (Å²) in [6.45, 7) is 2.61. The van der Waals surface area contributed by atoms with E-state index in [-0.39, 0.29) is 23.1 Å². The van der Waals surface area contributed by atoms with Crippen molar-refractivity contribution in [3.05, 3.63) is 46.5 Å². The minimum Gasteiger partial charge on any atom is -0.475 e. The first-order valence-corrected chi connectivity index (χ1v) is 8.70. The fourth-order valence-corrected chi connectivity index (χ4v) is 4.13. The number of ether oxygens (including phenoxy) is 2. The van der Waals surface area contributed by atoms with Crippen LogP contribution >= 0.6 is 11.3 Å². The Morgan fingerprint density at radius 3 is 3.21 bits per heavy atom. The lowest BCUT2D eigenvalue weighted by Gasteiger charge is -2.26. The quantitative estimate of drug-likeness (QED) is 0.852. The van der Waals surface area contributed by atoms with Crippen molar-refractivity contribution in [2.75, 3.05) is 32.9 Å². The lowest BCUT2D eigenvalue weighted by molar-refractivity contribution is 0.0654. The highest BCUT2D eigenvalue weighted by molar-refractivity contribution is 7.12. The van der Waals surface area contributed by atoms with E-state index >= 15 is 0 Å². The molecular weight excluding hydrogens is 331 g/mol. The number of carbonyl (C=O) groups excluding carboxylic acids is 1. The van der Waals surface area contributed by atoms with E-state index in [9.17, 15) is 9.18 Å². The molecule has 2 saturated heterocycles. The van der Waals surface area contributed by atoms with Crippen molar-refractivity contribution in [1.82, 2.24) is 9.88 Å². The lowest BCUT2D eigenvalue weighted by Crippen LogP contribution is -2.38. The van der Waals surface area contributed by atoms with Gasteiger partial charge in [-0.2, -0.15) is 0 Å². The van der Waals surface area contributed by atoms with Crippen molar-refractivity contribution in [2.24, 2.45) is 11.3 Å². The summed E-state index contributed by atoms with van der Waals surface area (Å²) in [6.07, 6.45) is 1.50. The number of fused-ring (bicyclic) bond motifs is 1. The Morgan fingerprint density at radius 1 is 1.50 bits per heavy atom. The van der Waals surface area contributed by atoms with E-state index in [0.29, 0.717) is 32.9 Å². The molecule has 2 aromatic heterocycles. The lowest BCUT2D eigenvalue weighted by atomic mass is 9.82. The normalized spacial score (nSPS) is 25.7. The molecule has 2 atom stereocenters. The van der Waals surface area contributed by atoms with Gasteiger partial charge in [0.25, 0.3) is 5.91 Å². The Labute approximate surface area is 143 Å². The summed E-state index contributed by atoms with van der Waals surface area (Å²) in [5.74, 6) is -0.231. The van der Waals surface area contributed by atoms with Gasteiger partial charge in [0, 0.05) is 25.2 Å². The number of nitrogens with zero attached hydrogens (tertiary/aromatic N) is 2. The number of hydrogen-bond donors (Lipinski definition) is 0. The first kappa shape index (κ1) is 15.5. The maximum atomic E-state index is 13.7. The average Bonchev–Trinajstić information content (AvgIpc) is 3.29. The maximum Gasteiger partial charge on any atom is 0.263 e. The fraction of sp³-hybridized carbons (Fsp3) is 0.412. The van der Waals surface area contributed by atoms with E-state index in [1.54, 1.807) is 0 Å². The highest BCUT2D eigenvalue weighted by Crippen LogP contribution is 2.42. The van der Waals surface area contributed by atoms with Crippen LogP contribution < -0.4 is 4.74 Å². The third kappa shape index (κ3) is 2.67. The third-order valence-electron chi connectivity index (χ3n) is 4.76. The largest absolute Gasteiger partial charge is 0.475 e. The van der Waals surface area contributed by atoms with Crippen LogP contribution in [0.3, 0.4) is 0 Å². The van der Waals surface area contributed by atoms with Gasteiger partial charge in [-0.1, -0.05) is 6.07 Å². The summed E-state index contributed by atoms with van der Waals surface area (Å²) in [7, 11) is 0. The van der Waals surface area contributed by atoms with Crippen LogP contribution in [-0.4, -0.2) is 48.7 Å². The summed E-state index contributed by atoms with van der Waals surface area (Å²) in [4.78, 5) is 19.1. The van der Waals surface area contributed by atoms with Crippen molar-refractivity contribution >= 4 is 17.2 Å². The predicted octanol–water partition coefficient (Wildman–Crippen LogP) is 2.45. The molecule has 2 aromatic rings. The van der Waals surface area contributed by atoms with E-state index in [1.807, 2.05) is 22.4 Å². The summed E-state index contributed by atoms with van der Waals surface area (Å²) in [6, 6.07) is 6.56. The molecule has 0 saturated carbocycles. The maximum absolute atomic E-state index is 13.7. The number of pyridine rings is 1. The van der Waals surface area contributed by atoms with Crippen LogP contribution in [0.15, 0.2) is 35.8 Å². The molecule has 0 unspecified atom stereocenters. The van der Waals surface area contributed by atoms with E-state index < -0.39 is 5.82 Å². The molecule has 0 spiro atoms. The highest BCUT2D eigenvalue weighted by atomic mass is 32.1. The van der Waals surface area contributed by atoms with Crippen molar-refractivity contribution in [2.45, 2.75) is 0 Å². The van der Waals surface area contributed by atoms with Crippen LogP contribution in [0, 0.1) is 17.2 Å². The van der Waals surface area contributed by atoms with Crippen molar-refractivity contribution < 1.29 is 18.7 Å². The number of aromatic nitrogens is 1. The van der Waals surface area contributed by atoms with Crippen molar-refractivity contribution in [3.8, 4) is 5.88 Å². The van der Waals surface area contributed by atoms with E-state index in [0.717, 1.165) is 4.88 Å². The van der Waals surface area contributed by atoms with Gasteiger partial charge in [-0.3, -0.25) is 4.79 Å². The molecule has 2 aliphatic heterocycles. The zero-order valence-electron chi connectivity index (χ0n) is 13.0. The van der Waals surface area contributed by atoms with Gasteiger partial charge in [-0.25, -0.2) is 9.37 Å². The van der Waals surface area contributed by atoms with Crippen LogP contribution in [0.1, 0.15) is 9.67 Å². The minimum absolute atomic E-state index is 0.000517. The third-order valence-corrected chi connectivity index (χ3v) is 5.62. The van der Waals surface area contributed by atoms with Gasteiger partial charge in [0.1, 0.15) is 0 Å². The van der Waals surface area contributed by atoms with E-state index in [1.165, 1.54) is 29.7 Å². The number of amides is 1. The standard InChI is InChI=1S/C17H17FN2O3S/c18-13-3-1-5-19-15(13)23-11-17-9-20(7-12(17)8-22-10-17)16(21)14-4-2-6-24-14/h1-6,12H,7-11H2/t12-,17+/m1/s1. The van der Waals surface area contributed by atoms with Crippen LogP contribution in [0.25, 0.3) is 0 Å². The van der Waals surface area contributed by atoms with Crippen LogP contribution in [0.4, 0.5) is 4.39 Å². The molecule has 0 N–H and O–H groups in total. The SMILES string of the molecule is O=C(c1cccs1)N1C[C@@H]2COC[C@]2(COc2ncccc2F)C1. The molecule has 0 radical (unpaired) electrons. The summed E-state index contributed by atoms with van der Waals surface area (Å²) < 4.78 is 25.0. The number of carbonyl (C=O) groups is 1. The number of hydrogen-bond acceptors (Lipinski definition) is 5. The van der Waals surface area contributed by atoms with Gasteiger partial charge in [-0.15, -0.1) is 11.3 Å². The second kappa shape index (κ2) is 6.14. The zero-order chi connectivity index (χ0) is 16.6. The monoisotopic (exact) mass is 348 g/mol. The molecule has 7 heteroatoms. The first-order valence-electron chi connectivity index (χ1n) is 7.82. The molecule has 2 fully saturated rings. The first-order chi connectivity index (χ1) is 11.7. The molecular formula is C17H17FN2O3S. The Morgan fingerprint density at radius 2 is 2.42 bits per heavy atom. The molecule has 5 nitrogen and oxygen atoms in total. The van der Waals surface area contributed by atoms with Gasteiger partial charge in [0.05, 0.1) is 30.1 Å². The molecule has 24 heavy (non-hydrogen) atoms. The molecule has 0 aromatic carbocycles. The zero-order valence-corrected chi connectivity index (χ0v) is 13.8. The second-order valence-corrected chi connectivity index (χ2v) is 7.26. The minimum atomic E-state index is -0.478. The Kier molecular flexibility index (Phi) is 3.97. The van der Waals surface area contributed by atoms with Gasteiger partial charge >= 0.3 is 0 Å². The molecule has 0 bridgehead atoms. The number of rotatable bonds is 4. The molecule has 4 rings (SSSR count). The second-order valence-electron chi connectivity index (χ2n) is 6.32. The molecule has 4 heterocycles. The van der Waals surface area contributed by atoms with Gasteiger partial charge in [-0.05, 0) is 23.6 Å². The van der Waals surface area contributed by atoms with E-state index in [4.69, 9.17) is 9.47 Å². The number of thiophene rings is 1. The number of halogens is 1. The highest BCUT2D eigenvalue weighted by Gasteiger charge is 2.52. The van der Waals surface area contributed by atoms with Crippen LogP contribution in [0.2, 0.25) is 0 Å². The van der Waals surface area contributed by atoms with Crippen molar-refractivity contribution in [3.63, 3.8) is 0 Å². The summed E-state index contributed by atoms with van der Waals surface area (Å²) in [5.41, 5.74) is -0.295. The van der Waals surface area contributed by atoms with Crippen LogP contribution in [-0.2, 0) is 4.74 Å². The smallest absolute Gasteiger partial charge is 0.263 e. The predicted molar refractivity (Wildman–Crippen MR) is 86.7 cm³/mol. The Bertz CT molecular complexity index is 739. The summed E-state index contributed by atoms with van der Waals surface area (Å²) >= 11 is 1.44. The molecule has 0 aliphatic carbocycles. The van der Waals surface area contributed by atoms with Gasteiger partial charge in [0.2, 0.25) is 5.88 Å². The molecule has 1 amide bonds. The molecule has 126 valence electrons. The van der Waals surface area contributed by atoms with Gasteiger partial charge in [0.15, 0.2) is 5.82 Å². The molecule has 2 aliphatic rings. The van der Waals surface area contributed by atoms with Crippen LogP contribution in [0.5, 0.6) is 5.88 Å². The topological polar surface area (TPSA) is 51.7 Å². The van der Waals surface area contributed by atoms with E-state index in [2.05, 4.69) is 4.98 Å². The average molecular weight is 348 g/mol. The Hall–Kier alpha value is -1.99. The number of likely N-dealkylation sites (tertiary alicyclic amines) is 1. The Balaban J connectivity index is 1.49. The summed E-state index contributed by atoms with van der Waals surface area (Å²) in [5, 5.41) is 1.90. The fourth-order valence-electron chi connectivity index (χ4n) is 3.44.